The Balaban J connectivity index is 2.16. The minimum absolute atomic E-state index is 0.000499. The molecular formula is C14H20FN3O2. The molecule has 20 heavy (non-hydrogen) atoms. The molecule has 0 spiro atoms. The Hall–Kier alpha value is -1.69. The molecule has 0 saturated heterocycles. The number of rotatable bonds is 5. The zero-order chi connectivity index (χ0) is 14.5. The van der Waals surface area contributed by atoms with Gasteiger partial charge in [0.15, 0.2) is 0 Å². The third-order valence-electron chi connectivity index (χ3n) is 3.97. The van der Waals surface area contributed by atoms with Crippen LogP contribution in [0.2, 0.25) is 0 Å². The molecule has 2 rings (SSSR count). The van der Waals surface area contributed by atoms with E-state index in [1.165, 1.54) is 31.4 Å². The van der Waals surface area contributed by atoms with Crippen molar-refractivity contribution in [2.75, 3.05) is 11.9 Å². The van der Waals surface area contributed by atoms with E-state index < -0.39 is 10.7 Å². The summed E-state index contributed by atoms with van der Waals surface area (Å²) >= 11 is 0. The molecule has 0 aliphatic heterocycles. The van der Waals surface area contributed by atoms with Gasteiger partial charge in [0.1, 0.15) is 11.5 Å². The molecule has 5 nitrogen and oxygen atoms in total. The standard InChI is InChI=1S/C14H20FN3O2/c15-11-6-7-12(14(8-11)18(19)20)17-13(9-16)10-4-2-1-3-5-10/h6-8,10,13,17H,1-5,9,16H2. The largest absolute Gasteiger partial charge is 0.375 e. The van der Waals surface area contributed by atoms with E-state index in [0.29, 0.717) is 18.2 Å². The van der Waals surface area contributed by atoms with Gasteiger partial charge in [-0.25, -0.2) is 4.39 Å². The van der Waals surface area contributed by atoms with E-state index in [0.717, 1.165) is 18.9 Å². The summed E-state index contributed by atoms with van der Waals surface area (Å²) in [5.41, 5.74) is 5.91. The second-order valence-corrected chi connectivity index (χ2v) is 5.30. The third kappa shape index (κ3) is 3.45. The van der Waals surface area contributed by atoms with E-state index in [4.69, 9.17) is 5.73 Å². The average molecular weight is 281 g/mol. The first-order valence-electron chi connectivity index (χ1n) is 7.02. The monoisotopic (exact) mass is 281 g/mol. The van der Waals surface area contributed by atoms with Crippen molar-refractivity contribution in [2.24, 2.45) is 11.7 Å². The number of nitrogens with two attached hydrogens (primary N) is 1. The van der Waals surface area contributed by atoms with Crippen LogP contribution in [0, 0.1) is 21.8 Å². The van der Waals surface area contributed by atoms with Gasteiger partial charge in [0, 0.05) is 12.6 Å². The summed E-state index contributed by atoms with van der Waals surface area (Å²) < 4.78 is 13.1. The number of nitro groups is 1. The molecule has 0 heterocycles. The van der Waals surface area contributed by atoms with Crippen molar-refractivity contribution in [3.63, 3.8) is 0 Å². The molecule has 0 radical (unpaired) electrons. The van der Waals surface area contributed by atoms with Crippen molar-refractivity contribution in [3.05, 3.63) is 34.1 Å². The Bertz CT molecular complexity index is 475. The topological polar surface area (TPSA) is 81.2 Å². The molecule has 0 aromatic heterocycles. The van der Waals surface area contributed by atoms with Crippen LogP contribution < -0.4 is 11.1 Å². The number of anilines is 1. The highest BCUT2D eigenvalue weighted by atomic mass is 19.1. The molecule has 1 aliphatic carbocycles. The number of nitro benzene ring substituents is 1. The van der Waals surface area contributed by atoms with E-state index in [1.54, 1.807) is 0 Å². The van der Waals surface area contributed by atoms with Crippen molar-refractivity contribution >= 4 is 11.4 Å². The van der Waals surface area contributed by atoms with Crippen LogP contribution in [0.3, 0.4) is 0 Å². The van der Waals surface area contributed by atoms with Crippen molar-refractivity contribution in [2.45, 2.75) is 38.1 Å². The van der Waals surface area contributed by atoms with Crippen LogP contribution in [0.4, 0.5) is 15.8 Å². The van der Waals surface area contributed by atoms with E-state index >= 15 is 0 Å². The van der Waals surface area contributed by atoms with E-state index in [1.807, 2.05) is 0 Å². The van der Waals surface area contributed by atoms with Crippen molar-refractivity contribution in [1.29, 1.82) is 0 Å². The van der Waals surface area contributed by atoms with Crippen LogP contribution in [-0.4, -0.2) is 17.5 Å². The summed E-state index contributed by atoms with van der Waals surface area (Å²) in [7, 11) is 0. The van der Waals surface area contributed by atoms with Crippen LogP contribution in [0.15, 0.2) is 18.2 Å². The van der Waals surface area contributed by atoms with Gasteiger partial charge in [-0.2, -0.15) is 0 Å². The molecule has 1 unspecified atom stereocenters. The molecule has 0 amide bonds. The normalized spacial score (nSPS) is 17.7. The maximum absolute atomic E-state index is 13.1. The highest BCUT2D eigenvalue weighted by molar-refractivity contribution is 5.62. The number of benzene rings is 1. The van der Waals surface area contributed by atoms with Gasteiger partial charge in [0.2, 0.25) is 0 Å². The Labute approximate surface area is 117 Å². The van der Waals surface area contributed by atoms with Crippen LogP contribution in [0.1, 0.15) is 32.1 Å². The highest BCUT2D eigenvalue weighted by Gasteiger charge is 2.25. The fraction of sp³-hybridized carbons (Fsp3) is 0.571. The summed E-state index contributed by atoms with van der Waals surface area (Å²) in [4.78, 5) is 10.4. The van der Waals surface area contributed by atoms with Gasteiger partial charge in [-0.1, -0.05) is 19.3 Å². The van der Waals surface area contributed by atoms with Crippen LogP contribution in [-0.2, 0) is 0 Å². The fourth-order valence-electron chi connectivity index (χ4n) is 2.88. The number of hydrogen-bond donors (Lipinski definition) is 2. The Morgan fingerprint density at radius 2 is 2.10 bits per heavy atom. The smallest absolute Gasteiger partial charge is 0.295 e. The maximum Gasteiger partial charge on any atom is 0.295 e. The lowest BCUT2D eigenvalue weighted by molar-refractivity contribution is -0.384. The van der Waals surface area contributed by atoms with E-state index in [2.05, 4.69) is 5.32 Å². The summed E-state index contributed by atoms with van der Waals surface area (Å²) in [6.07, 6.45) is 5.76. The number of nitrogens with one attached hydrogen (secondary N) is 1. The van der Waals surface area contributed by atoms with Crippen molar-refractivity contribution < 1.29 is 9.31 Å². The highest BCUT2D eigenvalue weighted by Crippen LogP contribution is 2.31. The van der Waals surface area contributed by atoms with Gasteiger partial charge in [0.25, 0.3) is 5.69 Å². The minimum atomic E-state index is -0.607. The van der Waals surface area contributed by atoms with Crippen molar-refractivity contribution in [3.8, 4) is 0 Å². The van der Waals surface area contributed by atoms with Crippen LogP contribution in [0.25, 0.3) is 0 Å². The van der Waals surface area contributed by atoms with E-state index in [9.17, 15) is 14.5 Å². The Morgan fingerprint density at radius 3 is 2.70 bits per heavy atom. The average Bonchev–Trinajstić information content (AvgIpc) is 2.46. The number of halogens is 1. The van der Waals surface area contributed by atoms with Gasteiger partial charge in [0.05, 0.1) is 11.0 Å². The molecule has 1 saturated carbocycles. The lowest BCUT2D eigenvalue weighted by Gasteiger charge is -2.30. The summed E-state index contributed by atoms with van der Waals surface area (Å²) in [5.74, 6) is -0.178. The first-order chi connectivity index (χ1) is 9.61. The fourth-order valence-corrected chi connectivity index (χ4v) is 2.88. The van der Waals surface area contributed by atoms with Crippen molar-refractivity contribution in [1.82, 2.24) is 0 Å². The Kier molecular flexibility index (Phi) is 4.89. The van der Waals surface area contributed by atoms with Gasteiger partial charge >= 0.3 is 0 Å². The molecule has 1 atom stereocenters. The minimum Gasteiger partial charge on any atom is -0.375 e. The molecule has 1 fully saturated rings. The van der Waals surface area contributed by atoms with Crippen LogP contribution in [0.5, 0.6) is 0 Å². The lowest BCUT2D eigenvalue weighted by atomic mass is 9.84. The second kappa shape index (κ2) is 6.65. The molecule has 6 heteroatoms. The summed E-state index contributed by atoms with van der Waals surface area (Å²) in [6.45, 7) is 0.416. The second-order valence-electron chi connectivity index (χ2n) is 5.30. The van der Waals surface area contributed by atoms with Gasteiger partial charge in [-0.05, 0) is 30.9 Å². The Morgan fingerprint density at radius 1 is 1.40 bits per heavy atom. The molecule has 0 bridgehead atoms. The van der Waals surface area contributed by atoms with E-state index in [-0.39, 0.29) is 11.7 Å². The molecule has 110 valence electrons. The molecular weight excluding hydrogens is 261 g/mol. The summed E-state index contributed by atoms with van der Waals surface area (Å²) in [5, 5.41) is 14.1. The predicted molar refractivity (Wildman–Crippen MR) is 76.1 cm³/mol. The molecule has 1 aliphatic rings. The number of hydrogen-bond acceptors (Lipinski definition) is 4. The first-order valence-corrected chi connectivity index (χ1v) is 7.02. The molecule has 1 aromatic carbocycles. The zero-order valence-electron chi connectivity index (χ0n) is 11.3. The maximum atomic E-state index is 13.1. The predicted octanol–water partition coefficient (Wildman–Crippen LogP) is 3.05. The third-order valence-corrected chi connectivity index (χ3v) is 3.97. The SMILES string of the molecule is NCC(Nc1ccc(F)cc1[N+](=O)[O-])C1CCCCC1. The first kappa shape index (κ1) is 14.7. The van der Waals surface area contributed by atoms with Crippen LogP contribution >= 0.6 is 0 Å². The number of nitrogens with zero attached hydrogens (tertiary/aromatic N) is 1. The molecule has 1 aromatic rings. The summed E-state index contributed by atoms with van der Waals surface area (Å²) in [6, 6.07) is 3.58. The van der Waals surface area contributed by atoms with Gasteiger partial charge < -0.3 is 11.1 Å². The molecule has 3 N–H and O–H groups in total. The quantitative estimate of drug-likeness (QED) is 0.642. The lowest BCUT2D eigenvalue weighted by Crippen LogP contribution is -2.37. The zero-order valence-corrected chi connectivity index (χ0v) is 11.3. The van der Waals surface area contributed by atoms with Gasteiger partial charge in [-0.3, -0.25) is 10.1 Å². The van der Waals surface area contributed by atoms with Gasteiger partial charge in [-0.15, -0.1) is 0 Å².